The maximum Gasteiger partial charge on any atom is 0.430 e. The molecule has 0 aliphatic rings. The summed E-state index contributed by atoms with van der Waals surface area (Å²) in [6, 6.07) is 15.7. The smallest absolute Gasteiger partial charge is 0.430 e. The van der Waals surface area contributed by atoms with E-state index in [0.29, 0.717) is 16.7 Å². The van der Waals surface area contributed by atoms with E-state index in [9.17, 15) is 27.5 Å². The molecule has 0 saturated heterocycles. The Morgan fingerprint density at radius 2 is 1.71 bits per heavy atom. The number of nitrogens with zero attached hydrogens (tertiary/aromatic N) is 2. The van der Waals surface area contributed by atoms with Gasteiger partial charge >= 0.3 is 6.18 Å². The van der Waals surface area contributed by atoms with E-state index in [4.69, 9.17) is 17.3 Å². The van der Waals surface area contributed by atoms with Gasteiger partial charge in [0.1, 0.15) is 17.3 Å². The number of hydrogen-bond donors (Lipinski definition) is 2. The molecule has 0 aromatic heterocycles. The number of halogens is 5. The van der Waals surface area contributed by atoms with Gasteiger partial charge in [0.15, 0.2) is 0 Å². The van der Waals surface area contributed by atoms with Crippen molar-refractivity contribution in [3.8, 4) is 5.75 Å². The summed E-state index contributed by atoms with van der Waals surface area (Å²) >= 11 is 5.94. The molecule has 0 bridgehead atoms. The molecule has 0 aliphatic carbocycles. The van der Waals surface area contributed by atoms with Crippen molar-refractivity contribution in [2.24, 2.45) is 10.7 Å². The lowest BCUT2D eigenvalue weighted by Gasteiger charge is -2.24. The summed E-state index contributed by atoms with van der Waals surface area (Å²) in [5.41, 5.74) is 4.66. The zero-order valence-corrected chi connectivity index (χ0v) is 19.1. The minimum Gasteiger partial charge on any atom is -0.507 e. The molecule has 35 heavy (non-hydrogen) atoms. The average Bonchev–Trinajstić information content (AvgIpc) is 2.81. The van der Waals surface area contributed by atoms with Gasteiger partial charge in [0.05, 0.1) is 12.3 Å². The molecule has 10 heteroatoms. The number of hydrogen-bond acceptors (Lipinski definition) is 4. The maximum absolute atomic E-state index is 13.4. The molecule has 0 unspecified atom stereocenters. The van der Waals surface area contributed by atoms with Crippen LogP contribution in [0.15, 0.2) is 83.5 Å². The van der Waals surface area contributed by atoms with Crippen molar-refractivity contribution >= 4 is 28.9 Å². The number of alkyl halides is 3. The quantitative estimate of drug-likeness (QED) is 0.325. The molecule has 0 spiro atoms. The molecular formula is C25H20ClF4N3O2. The summed E-state index contributed by atoms with van der Waals surface area (Å²) in [5.74, 6) is -1.41. The fraction of sp³-hybridized carbons (Fsp3) is 0.120. The van der Waals surface area contributed by atoms with Crippen molar-refractivity contribution in [2.45, 2.75) is 12.7 Å². The van der Waals surface area contributed by atoms with Crippen LogP contribution in [0.4, 0.5) is 23.2 Å². The van der Waals surface area contributed by atoms with Gasteiger partial charge in [-0.1, -0.05) is 23.7 Å². The Balaban J connectivity index is 2.02. The average molecular weight is 506 g/mol. The van der Waals surface area contributed by atoms with Crippen LogP contribution in [0.3, 0.4) is 0 Å². The highest BCUT2D eigenvalue weighted by molar-refractivity contribution is 6.30. The van der Waals surface area contributed by atoms with Crippen LogP contribution in [0, 0.1) is 5.82 Å². The zero-order chi connectivity index (χ0) is 25.8. The Morgan fingerprint density at radius 3 is 2.26 bits per heavy atom. The first-order valence-electron chi connectivity index (χ1n) is 10.2. The number of aromatic hydroxyl groups is 1. The van der Waals surface area contributed by atoms with E-state index < -0.39 is 29.3 Å². The number of allylic oxidation sites excluding steroid dienone is 2. The van der Waals surface area contributed by atoms with Crippen molar-refractivity contribution in [1.29, 1.82) is 0 Å². The van der Waals surface area contributed by atoms with Gasteiger partial charge in [-0.15, -0.1) is 0 Å². The summed E-state index contributed by atoms with van der Waals surface area (Å²) in [5, 5.41) is 11.1. The number of carbonyl (C=O) groups is 1. The van der Waals surface area contributed by atoms with E-state index in [0.717, 1.165) is 12.1 Å². The fourth-order valence-corrected chi connectivity index (χ4v) is 3.32. The largest absolute Gasteiger partial charge is 0.507 e. The highest BCUT2D eigenvalue weighted by Crippen LogP contribution is 2.30. The second-order valence-corrected chi connectivity index (χ2v) is 7.87. The molecule has 0 atom stereocenters. The predicted molar refractivity (Wildman–Crippen MR) is 127 cm³/mol. The van der Waals surface area contributed by atoms with Gasteiger partial charge in [-0.25, -0.2) is 4.39 Å². The molecule has 5 nitrogen and oxygen atoms in total. The molecular weight excluding hydrogens is 486 g/mol. The second-order valence-electron chi connectivity index (χ2n) is 7.43. The van der Waals surface area contributed by atoms with Crippen LogP contribution in [0.5, 0.6) is 5.75 Å². The van der Waals surface area contributed by atoms with E-state index in [2.05, 4.69) is 4.99 Å². The lowest BCUT2D eigenvalue weighted by Crippen LogP contribution is -2.30. The standard InChI is InChI=1S/C25H20ClF4N3O2/c1-32-21(13-23(31)25(28,29)30)20-11-10-19(12-22(20)34)33(14-15-2-6-17(26)7-3-15)24(35)16-4-8-18(27)9-5-16/h2-13,34H,14,31H2,1H3. The van der Waals surface area contributed by atoms with E-state index in [-0.39, 0.29) is 29.1 Å². The first kappa shape index (κ1) is 25.8. The second kappa shape index (κ2) is 10.6. The van der Waals surface area contributed by atoms with E-state index in [1.807, 2.05) is 0 Å². The summed E-state index contributed by atoms with van der Waals surface area (Å²) in [7, 11) is 1.26. The molecule has 0 heterocycles. The van der Waals surface area contributed by atoms with Gasteiger partial charge in [0.25, 0.3) is 5.91 Å². The van der Waals surface area contributed by atoms with Crippen LogP contribution in [0.1, 0.15) is 21.5 Å². The summed E-state index contributed by atoms with van der Waals surface area (Å²) in [4.78, 5) is 18.4. The van der Waals surface area contributed by atoms with Crippen molar-refractivity contribution in [3.63, 3.8) is 0 Å². The van der Waals surface area contributed by atoms with Crippen LogP contribution in [-0.4, -0.2) is 29.9 Å². The van der Waals surface area contributed by atoms with Crippen LogP contribution in [0.25, 0.3) is 0 Å². The number of rotatable bonds is 6. The molecule has 3 aromatic rings. The minimum absolute atomic E-state index is 0.0101. The molecule has 0 saturated carbocycles. The van der Waals surface area contributed by atoms with Crippen LogP contribution in [0.2, 0.25) is 5.02 Å². The molecule has 3 rings (SSSR count). The molecule has 0 aliphatic heterocycles. The number of anilines is 1. The minimum atomic E-state index is -4.76. The zero-order valence-electron chi connectivity index (χ0n) is 18.4. The Bertz CT molecular complexity index is 1270. The lowest BCUT2D eigenvalue weighted by molar-refractivity contribution is -0.0925. The summed E-state index contributed by atoms with van der Waals surface area (Å²) < 4.78 is 51.9. The van der Waals surface area contributed by atoms with E-state index in [1.165, 1.54) is 42.3 Å². The topological polar surface area (TPSA) is 78.9 Å². The van der Waals surface area contributed by atoms with Gasteiger partial charge in [-0.2, -0.15) is 13.2 Å². The van der Waals surface area contributed by atoms with Gasteiger partial charge in [0, 0.05) is 35.0 Å². The number of nitrogens with two attached hydrogens (primary N) is 1. The number of benzene rings is 3. The first-order valence-corrected chi connectivity index (χ1v) is 10.5. The van der Waals surface area contributed by atoms with Gasteiger partial charge in [-0.3, -0.25) is 9.79 Å². The number of carbonyl (C=O) groups excluding carboxylic acids is 1. The van der Waals surface area contributed by atoms with E-state index in [1.54, 1.807) is 24.3 Å². The van der Waals surface area contributed by atoms with Crippen LogP contribution in [-0.2, 0) is 6.54 Å². The third-order valence-electron chi connectivity index (χ3n) is 5.02. The Morgan fingerprint density at radius 1 is 1.09 bits per heavy atom. The number of phenols is 1. The number of aliphatic imine (C=N–C) groups is 1. The SMILES string of the molecule is CN=C(C=C(N)C(F)(F)F)c1ccc(N(Cc2ccc(Cl)cc2)C(=O)c2ccc(F)cc2)cc1O. The van der Waals surface area contributed by atoms with Crippen molar-refractivity contribution in [2.75, 3.05) is 11.9 Å². The fourth-order valence-electron chi connectivity index (χ4n) is 3.20. The Labute approximate surface area is 203 Å². The lowest BCUT2D eigenvalue weighted by atomic mass is 10.1. The Kier molecular flexibility index (Phi) is 7.81. The predicted octanol–water partition coefficient (Wildman–Crippen LogP) is 5.86. The van der Waals surface area contributed by atoms with Crippen molar-refractivity contribution in [3.05, 3.63) is 106 Å². The van der Waals surface area contributed by atoms with Crippen LogP contribution < -0.4 is 10.6 Å². The van der Waals surface area contributed by atoms with Gasteiger partial charge in [0.2, 0.25) is 0 Å². The highest BCUT2D eigenvalue weighted by Gasteiger charge is 2.32. The third-order valence-corrected chi connectivity index (χ3v) is 5.27. The molecule has 3 aromatic carbocycles. The molecule has 182 valence electrons. The van der Waals surface area contributed by atoms with Crippen molar-refractivity contribution < 1.29 is 27.5 Å². The molecule has 0 radical (unpaired) electrons. The third kappa shape index (κ3) is 6.39. The number of phenolic OH excluding ortho intramolecular Hbond substituents is 1. The first-order chi connectivity index (χ1) is 16.5. The molecule has 3 N–H and O–H groups in total. The van der Waals surface area contributed by atoms with Gasteiger partial charge in [-0.05, 0) is 60.2 Å². The van der Waals surface area contributed by atoms with E-state index >= 15 is 0 Å². The molecule has 0 fully saturated rings. The van der Waals surface area contributed by atoms with Crippen LogP contribution >= 0.6 is 11.6 Å². The number of amides is 1. The Hall–Kier alpha value is -3.85. The van der Waals surface area contributed by atoms with Gasteiger partial charge < -0.3 is 15.7 Å². The normalized spacial score (nSPS) is 12.5. The molecule has 1 amide bonds. The summed E-state index contributed by atoms with van der Waals surface area (Å²) in [6.07, 6.45) is -4.15. The monoisotopic (exact) mass is 505 g/mol. The highest BCUT2D eigenvalue weighted by atomic mass is 35.5. The maximum atomic E-state index is 13.4. The summed E-state index contributed by atoms with van der Waals surface area (Å²) in [6.45, 7) is 0.0712. The van der Waals surface area contributed by atoms with Crippen molar-refractivity contribution in [1.82, 2.24) is 0 Å².